The van der Waals surface area contributed by atoms with Crippen LogP contribution < -0.4 is 4.72 Å². The van der Waals surface area contributed by atoms with Gasteiger partial charge >= 0.3 is 5.97 Å². The summed E-state index contributed by atoms with van der Waals surface area (Å²) in [5, 5.41) is 12.7. The molecule has 0 unspecified atom stereocenters. The molecule has 0 radical (unpaired) electrons. The van der Waals surface area contributed by atoms with Gasteiger partial charge in [0.05, 0.1) is 22.1 Å². The van der Waals surface area contributed by atoms with Gasteiger partial charge in [-0.15, -0.1) is 0 Å². The van der Waals surface area contributed by atoms with Crippen LogP contribution in [-0.4, -0.2) is 25.9 Å². The van der Waals surface area contributed by atoms with Crippen molar-refractivity contribution in [3.63, 3.8) is 0 Å². The minimum Gasteiger partial charge on any atom is -0.462 e. The Labute approximate surface area is 201 Å². The fraction of sp³-hybridized carbons (Fsp3) is 0.240. The minimum absolute atomic E-state index is 0.209. The van der Waals surface area contributed by atoms with E-state index in [1.54, 1.807) is 31.2 Å². The SMILES string of the molecule is CCCCCOC(=O)c1c(C)oc2c1cc(NS(=O)(=O)c1cccc([N+](=O)[O-])c1)c1ccccc12. The molecule has 4 aromatic rings. The molecule has 35 heavy (non-hydrogen) atoms. The molecule has 3 aromatic carbocycles. The lowest BCUT2D eigenvalue weighted by atomic mass is 10.0. The first-order valence-corrected chi connectivity index (χ1v) is 12.6. The topological polar surface area (TPSA) is 129 Å². The zero-order chi connectivity index (χ0) is 25.2. The van der Waals surface area contributed by atoms with E-state index in [-0.39, 0.29) is 28.4 Å². The standard InChI is InChI=1S/C25H24N2O7S/c1-3-4-7-13-33-25(28)23-16(2)34-24-20-12-6-5-11-19(20)22(15-21(23)24)26-35(31,32)18-10-8-9-17(14-18)27(29)30/h5-6,8-12,14-15,26H,3-4,7,13H2,1-2H3. The number of unbranched alkanes of at least 4 members (excludes halogenated alkanes) is 2. The number of sulfonamides is 1. The normalized spacial score (nSPS) is 11.6. The molecule has 0 atom stereocenters. The molecule has 10 heteroatoms. The number of carbonyl (C=O) groups is 1. The lowest BCUT2D eigenvalue weighted by Gasteiger charge is -2.12. The molecule has 0 aliphatic heterocycles. The number of fused-ring (bicyclic) bond motifs is 3. The number of esters is 1. The number of nitro groups is 1. The van der Waals surface area contributed by atoms with Crippen molar-refractivity contribution in [3.05, 3.63) is 76.0 Å². The number of non-ortho nitro benzene ring substituents is 1. The number of hydrogen-bond acceptors (Lipinski definition) is 7. The van der Waals surface area contributed by atoms with Gasteiger partial charge in [-0.05, 0) is 25.5 Å². The highest BCUT2D eigenvalue weighted by atomic mass is 32.2. The van der Waals surface area contributed by atoms with Crippen molar-refractivity contribution < 1.29 is 27.3 Å². The molecule has 0 fully saturated rings. The molecule has 0 bridgehead atoms. The van der Waals surface area contributed by atoms with Crippen molar-refractivity contribution in [1.29, 1.82) is 0 Å². The second kappa shape index (κ2) is 9.75. The summed E-state index contributed by atoms with van der Waals surface area (Å²) >= 11 is 0. The molecule has 9 nitrogen and oxygen atoms in total. The summed E-state index contributed by atoms with van der Waals surface area (Å²) in [5.74, 6) is -0.176. The van der Waals surface area contributed by atoms with Gasteiger partial charge in [-0.25, -0.2) is 13.2 Å². The van der Waals surface area contributed by atoms with E-state index < -0.39 is 20.9 Å². The first kappa shape index (κ1) is 24.2. The van der Waals surface area contributed by atoms with Gasteiger partial charge in [0.15, 0.2) is 0 Å². The number of nitrogens with one attached hydrogen (secondary N) is 1. The van der Waals surface area contributed by atoms with Crippen LogP contribution in [0.4, 0.5) is 11.4 Å². The summed E-state index contributed by atoms with van der Waals surface area (Å²) in [4.78, 5) is 23.1. The van der Waals surface area contributed by atoms with Crippen molar-refractivity contribution >= 4 is 49.1 Å². The fourth-order valence-corrected chi connectivity index (χ4v) is 5.04. The van der Waals surface area contributed by atoms with Gasteiger partial charge in [-0.1, -0.05) is 50.1 Å². The third-order valence-corrected chi connectivity index (χ3v) is 7.00. The molecule has 4 rings (SSSR count). The van der Waals surface area contributed by atoms with Crippen LogP contribution in [0.3, 0.4) is 0 Å². The Hall–Kier alpha value is -3.92. The van der Waals surface area contributed by atoms with E-state index in [2.05, 4.69) is 11.6 Å². The van der Waals surface area contributed by atoms with Crippen LogP contribution in [0.5, 0.6) is 0 Å². The Morgan fingerprint density at radius 1 is 1.06 bits per heavy atom. The average molecular weight is 497 g/mol. The molecular weight excluding hydrogens is 472 g/mol. The molecule has 1 heterocycles. The highest BCUT2D eigenvalue weighted by molar-refractivity contribution is 7.92. The van der Waals surface area contributed by atoms with E-state index in [4.69, 9.17) is 9.15 Å². The molecule has 0 amide bonds. The molecule has 0 aliphatic rings. The minimum atomic E-state index is -4.18. The number of nitrogens with zero attached hydrogens (tertiary/aromatic N) is 1. The number of carbonyl (C=O) groups excluding carboxylic acids is 1. The zero-order valence-corrected chi connectivity index (χ0v) is 20.1. The summed E-state index contributed by atoms with van der Waals surface area (Å²) in [6, 6.07) is 13.3. The number of rotatable bonds is 9. The number of furan rings is 1. The number of nitro benzene ring substituents is 1. The predicted molar refractivity (Wildman–Crippen MR) is 132 cm³/mol. The monoisotopic (exact) mass is 496 g/mol. The van der Waals surface area contributed by atoms with E-state index in [9.17, 15) is 23.3 Å². The molecule has 1 N–H and O–H groups in total. The summed E-state index contributed by atoms with van der Waals surface area (Å²) in [5.41, 5.74) is 0.544. The van der Waals surface area contributed by atoms with Gasteiger partial charge in [0, 0.05) is 28.3 Å². The third kappa shape index (κ3) is 4.83. The Morgan fingerprint density at radius 3 is 2.51 bits per heavy atom. The number of hydrogen-bond donors (Lipinski definition) is 1. The second-order valence-electron chi connectivity index (χ2n) is 8.08. The molecule has 0 saturated carbocycles. The highest BCUT2D eigenvalue weighted by Crippen LogP contribution is 2.37. The highest BCUT2D eigenvalue weighted by Gasteiger charge is 2.24. The van der Waals surface area contributed by atoms with Crippen LogP contribution >= 0.6 is 0 Å². The van der Waals surface area contributed by atoms with Crippen LogP contribution in [0.15, 0.2) is 63.9 Å². The first-order valence-electron chi connectivity index (χ1n) is 11.1. The number of ether oxygens (including phenoxy) is 1. The maximum absolute atomic E-state index is 13.1. The van der Waals surface area contributed by atoms with Crippen molar-refractivity contribution in [2.75, 3.05) is 11.3 Å². The van der Waals surface area contributed by atoms with E-state index >= 15 is 0 Å². The summed E-state index contributed by atoms with van der Waals surface area (Å²) in [6.07, 6.45) is 2.67. The van der Waals surface area contributed by atoms with Crippen molar-refractivity contribution in [1.82, 2.24) is 0 Å². The third-order valence-electron chi connectivity index (χ3n) is 5.64. The molecule has 0 spiro atoms. The van der Waals surface area contributed by atoms with Crippen LogP contribution in [0, 0.1) is 17.0 Å². The molecule has 182 valence electrons. The van der Waals surface area contributed by atoms with E-state index in [0.29, 0.717) is 27.5 Å². The summed E-state index contributed by atoms with van der Waals surface area (Å²) in [7, 11) is -4.18. The quantitative estimate of drug-likeness (QED) is 0.131. The fourth-order valence-electron chi connectivity index (χ4n) is 3.93. The summed E-state index contributed by atoms with van der Waals surface area (Å²) < 4.78 is 40.1. The zero-order valence-electron chi connectivity index (χ0n) is 19.2. The predicted octanol–water partition coefficient (Wildman–Crippen LogP) is 5.95. The van der Waals surface area contributed by atoms with Gasteiger partial charge < -0.3 is 9.15 Å². The van der Waals surface area contributed by atoms with Crippen molar-refractivity contribution in [2.45, 2.75) is 38.0 Å². The maximum atomic E-state index is 13.1. The van der Waals surface area contributed by atoms with Gasteiger partial charge in [-0.2, -0.15) is 0 Å². The van der Waals surface area contributed by atoms with Crippen LogP contribution in [-0.2, 0) is 14.8 Å². The van der Waals surface area contributed by atoms with Crippen LogP contribution in [0.1, 0.15) is 42.3 Å². The Bertz CT molecular complexity index is 1540. The molecule has 0 aliphatic carbocycles. The average Bonchev–Trinajstić information content (AvgIpc) is 3.17. The molecular formula is C25H24N2O7S. The molecule has 0 saturated heterocycles. The lowest BCUT2D eigenvalue weighted by Crippen LogP contribution is -2.13. The maximum Gasteiger partial charge on any atom is 0.342 e. The Kier molecular flexibility index (Phi) is 6.74. The van der Waals surface area contributed by atoms with Gasteiger partial charge in [0.1, 0.15) is 16.9 Å². The van der Waals surface area contributed by atoms with Crippen molar-refractivity contribution in [3.8, 4) is 0 Å². The van der Waals surface area contributed by atoms with E-state index in [1.165, 1.54) is 24.3 Å². The summed E-state index contributed by atoms with van der Waals surface area (Å²) in [6.45, 7) is 3.99. The van der Waals surface area contributed by atoms with Gasteiger partial charge in [0.25, 0.3) is 15.7 Å². The van der Waals surface area contributed by atoms with Crippen molar-refractivity contribution in [2.24, 2.45) is 0 Å². The Balaban J connectivity index is 1.81. The first-order chi connectivity index (χ1) is 16.7. The van der Waals surface area contributed by atoms with Gasteiger partial charge in [-0.3, -0.25) is 14.8 Å². The second-order valence-corrected chi connectivity index (χ2v) is 9.77. The van der Waals surface area contributed by atoms with E-state index in [1.807, 2.05) is 0 Å². The van der Waals surface area contributed by atoms with Crippen LogP contribution in [0.2, 0.25) is 0 Å². The molecule has 1 aromatic heterocycles. The number of anilines is 1. The Morgan fingerprint density at radius 2 is 1.80 bits per heavy atom. The number of benzene rings is 3. The lowest BCUT2D eigenvalue weighted by molar-refractivity contribution is -0.385. The van der Waals surface area contributed by atoms with Crippen LogP contribution in [0.25, 0.3) is 21.7 Å². The van der Waals surface area contributed by atoms with E-state index in [0.717, 1.165) is 25.3 Å². The number of aryl methyl sites for hydroxylation is 1. The smallest absolute Gasteiger partial charge is 0.342 e. The largest absolute Gasteiger partial charge is 0.462 e. The van der Waals surface area contributed by atoms with Gasteiger partial charge in [0.2, 0.25) is 0 Å².